The highest BCUT2D eigenvalue weighted by Crippen LogP contribution is 2.11. The van der Waals surface area contributed by atoms with Crippen LogP contribution < -0.4 is 33.6 Å². The zero-order valence-corrected chi connectivity index (χ0v) is 11.7. The summed E-state index contributed by atoms with van der Waals surface area (Å²) in [6, 6.07) is 12.4. The molecule has 0 aliphatic carbocycles. The van der Waals surface area contributed by atoms with Crippen molar-refractivity contribution in [3.05, 3.63) is 48.5 Å². The van der Waals surface area contributed by atoms with Gasteiger partial charge >= 0.3 is 12.1 Å². The summed E-state index contributed by atoms with van der Waals surface area (Å²) < 4.78 is 0. The summed E-state index contributed by atoms with van der Waals surface area (Å²) in [5.74, 6) is 0. The summed E-state index contributed by atoms with van der Waals surface area (Å²) in [6.07, 6.45) is 0. The number of anilines is 4. The first-order valence-corrected chi connectivity index (χ1v) is 6.21. The number of carbonyl (C=O) groups is 2. The SMILES string of the molecule is NC(=O)Nc1cccc(N)c1.NC(=O)Nc1cccc(N)c1. The van der Waals surface area contributed by atoms with Gasteiger partial charge in [-0.15, -0.1) is 0 Å². The Balaban J connectivity index is 0.000000220. The van der Waals surface area contributed by atoms with Gasteiger partial charge in [0.15, 0.2) is 0 Å². The molecule has 0 saturated heterocycles. The van der Waals surface area contributed by atoms with Crippen LogP contribution in [0.2, 0.25) is 0 Å². The number of nitrogen functional groups attached to an aromatic ring is 2. The molecule has 22 heavy (non-hydrogen) atoms. The second kappa shape index (κ2) is 8.00. The van der Waals surface area contributed by atoms with Gasteiger partial charge in [-0.2, -0.15) is 0 Å². The Bertz CT molecular complexity index is 602. The predicted octanol–water partition coefficient (Wildman–Crippen LogP) is 1.52. The molecule has 2 aromatic rings. The molecule has 0 radical (unpaired) electrons. The number of carbonyl (C=O) groups excluding carboxylic acids is 2. The van der Waals surface area contributed by atoms with E-state index in [2.05, 4.69) is 10.6 Å². The molecule has 0 bridgehead atoms. The molecule has 0 saturated carbocycles. The van der Waals surface area contributed by atoms with E-state index in [0.29, 0.717) is 22.7 Å². The summed E-state index contributed by atoms with van der Waals surface area (Å²) in [6.45, 7) is 0. The van der Waals surface area contributed by atoms with Gasteiger partial charge in [0.25, 0.3) is 0 Å². The number of nitrogens with one attached hydrogen (secondary N) is 2. The van der Waals surface area contributed by atoms with Crippen molar-refractivity contribution in [3.63, 3.8) is 0 Å². The van der Waals surface area contributed by atoms with Crippen molar-refractivity contribution in [1.29, 1.82) is 0 Å². The molecule has 116 valence electrons. The average molecular weight is 302 g/mol. The van der Waals surface area contributed by atoms with Gasteiger partial charge < -0.3 is 33.6 Å². The highest BCUT2D eigenvalue weighted by Gasteiger charge is 1.94. The molecule has 8 heteroatoms. The van der Waals surface area contributed by atoms with Crippen LogP contribution in [0.5, 0.6) is 0 Å². The Kier molecular flexibility index (Phi) is 6.05. The molecule has 10 N–H and O–H groups in total. The molecule has 4 amide bonds. The first-order valence-electron chi connectivity index (χ1n) is 6.21. The number of urea groups is 2. The van der Waals surface area contributed by atoms with Crippen LogP contribution in [0.1, 0.15) is 0 Å². The standard InChI is InChI=1S/2C7H9N3O/c2*8-5-2-1-3-6(4-5)10-7(9)11/h2*1-4H,8H2,(H3,9,10,11). The molecule has 0 aromatic heterocycles. The average Bonchev–Trinajstić information content (AvgIpc) is 2.37. The van der Waals surface area contributed by atoms with Crippen LogP contribution in [0.25, 0.3) is 0 Å². The first kappa shape index (κ1) is 16.6. The molecule has 0 aliphatic rings. The molecule has 2 rings (SSSR count). The van der Waals surface area contributed by atoms with Crippen LogP contribution in [-0.4, -0.2) is 12.1 Å². The monoisotopic (exact) mass is 302 g/mol. The summed E-state index contributed by atoms with van der Waals surface area (Å²) in [5, 5.41) is 4.81. The smallest absolute Gasteiger partial charge is 0.316 e. The van der Waals surface area contributed by atoms with Crippen molar-refractivity contribution >= 4 is 34.8 Å². The second-order valence-corrected chi connectivity index (χ2v) is 4.23. The maximum Gasteiger partial charge on any atom is 0.316 e. The normalized spacial score (nSPS) is 9.09. The van der Waals surface area contributed by atoms with E-state index in [4.69, 9.17) is 22.9 Å². The van der Waals surface area contributed by atoms with E-state index in [1.807, 2.05) is 0 Å². The lowest BCUT2D eigenvalue weighted by Gasteiger charge is -2.00. The van der Waals surface area contributed by atoms with Crippen LogP contribution in [0.4, 0.5) is 32.3 Å². The number of amides is 4. The minimum absolute atomic E-state index is 0.587. The topological polar surface area (TPSA) is 162 Å². The van der Waals surface area contributed by atoms with Crippen molar-refractivity contribution < 1.29 is 9.59 Å². The fourth-order valence-electron chi connectivity index (χ4n) is 1.52. The molecule has 2 aromatic carbocycles. The lowest BCUT2D eigenvalue weighted by Crippen LogP contribution is -2.19. The van der Waals surface area contributed by atoms with Gasteiger partial charge in [0.1, 0.15) is 0 Å². The van der Waals surface area contributed by atoms with E-state index in [1.165, 1.54) is 0 Å². The third kappa shape index (κ3) is 6.66. The largest absolute Gasteiger partial charge is 0.399 e. The maximum atomic E-state index is 10.4. The van der Waals surface area contributed by atoms with Gasteiger partial charge in [0.05, 0.1) is 0 Å². The van der Waals surface area contributed by atoms with Crippen molar-refractivity contribution in [1.82, 2.24) is 0 Å². The number of rotatable bonds is 2. The molecular formula is C14H18N6O2. The molecule has 0 fully saturated rings. The summed E-state index contributed by atoms with van der Waals surface area (Å²) in [7, 11) is 0. The summed E-state index contributed by atoms with van der Waals surface area (Å²) in [4.78, 5) is 20.7. The van der Waals surface area contributed by atoms with Gasteiger partial charge in [-0.05, 0) is 36.4 Å². The Hall–Kier alpha value is -3.42. The quantitative estimate of drug-likeness (QED) is 0.464. The Morgan fingerprint density at radius 3 is 1.36 bits per heavy atom. The van der Waals surface area contributed by atoms with E-state index in [9.17, 15) is 9.59 Å². The van der Waals surface area contributed by atoms with Gasteiger partial charge in [0, 0.05) is 22.7 Å². The molecule has 0 aliphatic heterocycles. The minimum atomic E-state index is -0.587. The van der Waals surface area contributed by atoms with Crippen LogP contribution in [0, 0.1) is 0 Å². The van der Waals surface area contributed by atoms with Crippen LogP contribution in [0.15, 0.2) is 48.5 Å². The maximum absolute atomic E-state index is 10.4. The summed E-state index contributed by atoms with van der Waals surface area (Å²) >= 11 is 0. The lowest BCUT2D eigenvalue weighted by atomic mass is 10.3. The predicted molar refractivity (Wildman–Crippen MR) is 88.1 cm³/mol. The van der Waals surface area contributed by atoms with E-state index >= 15 is 0 Å². The van der Waals surface area contributed by atoms with Crippen molar-refractivity contribution in [2.45, 2.75) is 0 Å². The number of nitrogens with two attached hydrogens (primary N) is 4. The molecule has 0 heterocycles. The molecule has 0 unspecified atom stereocenters. The zero-order valence-electron chi connectivity index (χ0n) is 11.7. The number of primary amides is 2. The fraction of sp³-hybridized carbons (Fsp3) is 0. The number of benzene rings is 2. The van der Waals surface area contributed by atoms with E-state index < -0.39 is 12.1 Å². The highest BCUT2D eigenvalue weighted by molar-refractivity contribution is 5.88. The second-order valence-electron chi connectivity index (χ2n) is 4.23. The molecule has 0 spiro atoms. The van der Waals surface area contributed by atoms with Crippen LogP contribution >= 0.6 is 0 Å². The van der Waals surface area contributed by atoms with E-state index in [-0.39, 0.29) is 0 Å². The summed E-state index contributed by atoms with van der Waals surface area (Å²) in [5.41, 5.74) is 23.1. The van der Waals surface area contributed by atoms with Crippen LogP contribution in [-0.2, 0) is 0 Å². The van der Waals surface area contributed by atoms with Crippen molar-refractivity contribution in [3.8, 4) is 0 Å². The van der Waals surface area contributed by atoms with Gasteiger partial charge in [-0.1, -0.05) is 12.1 Å². The molecular weight excluding hydrogens is 284 g/mol. The third-order valence-corrected chi connectivity index (χ3v) is 2.31. The van der Waals surface area contributed by atoms with Crippen LogP contribution in [0.3, 0.4) is 0 Å². The van der Waals surface area contributed by atoms with Gasteiger partial charge in [-0.25, -0.2) is 9.59 Å². The van der Waals surface area contributed by atoms with Crippen molar-refractivity contribution in [2.24, 2.45) is 11.5 Å². The van der Waals surface area contributed by atoms with E-state index in [0.717, 1.165) is 0 Å². The molecule has 8 nitrogen and oxygen atoms in total. The third-order valence-electron chi connectivity index (χ3n) is 2.31. The van der Waals surface area contributed by atoms with Gasteiger partial charge in [-0.3, -0.25) is 0 Å². The van der Waals surface area contributed by atoms with E-state index in [1.54, 1.807) is 48.5 Å². The zero-order chi connectivity index (χ0) is 16.5. The lowest BCUT2D eigenvalue weighted by molar-refractivity contribution is 0.258. The fourth-order valence-corrected chi connectivity index (χ4v) is 1.52. The first-order chi connectivity index (χ1) is 10.4. The van der Waals surface area contributed by atoms with Crippen molar-refractivity contribution in [2.75, 3.05) is 22.1 Å². The number of hydrogen-bond donors (Lipinski definition) is 6. The highest BCUT2D eigenvalue weighted by atomic mass is 16.2. The minimum Gasteiger partial charge on any atom is -0.399 e. The van der Waals surface area contributed by atoms with Gasteiger partial charge in [0.2, 0.25) is 0 Å². The Morgan fingerprint density at radius 2 is 1.09 bits per heavy atom. The Morgan fingerprint density at radius 1 is 0.727 bits per heavy atom. The Labute approximate surface area is 127 Å². The number of hydrogen-bond acceptors (Lipinski definition) is 4. The molecule has 0 atom stereocenters.